The molecule has 1 fully saturated rings. The Morgan fingerprint density at radius 1 is 1.27 bits per heavy atom. The molecule has 1 aromatic carbocycles. The maximum absolute atomic E-state index is 12.6. The average Bonchev–Trinajstić information content (AvgIpc) is 2.51. The molecule has 0 aromatic heterocycles. The first kappa shape index (κ1) is 16.5. The lowest BCUT2D eigenvalue weighted by Crippen LogP contribution is -2.45. The second kappa shape index (κ2) is 7.40. The molecule has 1 heterocycles. The minimum absolute atomic E-state index is 0.00791. The summed E-state index contributed by atoms with van der Waals surface area (Å²) in [6.07, 6.45) is 1.61. The number of aryl methyl sites for hydroxylation is 2. The van der Waals surface area contributed by atoms with Crippen LogP contribution < -0.4 is 5.32 Å². The zero-order valence-corrected chi connectivity index (χ0v) is 13.3. The van der Waals surface area contributed by atoms with Gasteiger partial charge in [0, 0.05) is 25.2 Å². The second-order valence-electron chi connectivity index (χ2n) is 5.98. The Morgan fingerprint density at radius 2 is 1.95 bits per heavy atom. The second-order valence-corrected chi connectivity index (χ2v) is 5.98. The fraction of sp³-hybridized carbons (Fsp3) is 0.529. The van der Waals surface area contributed by atoms with Crippen LogP contribution in [0.4, 0.5) is 0 Å². The van der Waals surface area contributed by atoms with Crippen LogP contribution in [0.3, 0.4) is 0 Å². The maximum atomic E-state index is 12.6. The molecule has 0 bridgehead atoms. The number of rotatable bonds is 4. The van der Waals surface area contributed by atoms with Gasteiger partial charge in [0.2, 0.25) is 5.91 Å². The van der Waals surface area contributed by atoms with Gasteiger partial charge >= 0.3 is 0 Å². The van der Waals surface area contributed by atoms with Gasteiger partial charge in [0.1, 0.15) is 0 Å². The predicted molar refractivity (Wildman–Crippen MR) is 84.6 cm³/mol. The first-order chi connectivity index (χ1) is 10.5. The Labute approximate surface area is 131 Å². The minimum atomic E-state index is -0.185. The number of nitrogens with one attached hydrogen (secondary N) is 1. The van der Waals surface area contributed by atoms with Crippen molar-refractivity contribution >= 4 is 11.8 Å². The van der Waals surface area contributed by atoms with Crippen molar-refractivity contribution in [2.75, 3.05) is 26.2 Å². The quantitative estimate of drug-likeness (QED) is 0.880. The number of hydrogen-bond acceptors (Lipinski definition) is 3. The van der Waals surface area contributed by atoms with Crippen molar-refractivity contribution in [3.63, 3.8) is 0 Å². The van der Waals surface area contributed by atoms with Crippen LogP contribution in [0.25, 0.3) is 0 Å². The molecule has 0 radical (unpaired) electrons. The molecule has 2 N–H and O–H groups in total. The van der Waals surface area contributed by atoms with Crippen LogP contribution in [0.2, 0.25) is 0 Å². The van der Waals surface area contributed by atoms with Gasteiger partial charge in [0.25, 0.3) is 5.91 Å². The van der Waals surface area contributed by atoms with E-state index in [0.717, 1.165) is 24.0 Å². The van der Waals surface area contributed by atoms with E-state index in [1.165, 1.54) is 0 Å². The summed E-state index contributed by atoms with van der Waals surface area (Å²) < 4.78 is 0. The summed E-state index contributed by atoms with van der Waals surface area (Å²) in [5, 5.41) is 11.5. The average molecular weight is 304 g/mol. The number of hydrogen-bond donors (Lipinski definition) is 2. The van der Waals surface area contributed by atoms with Gasteiger partial charge in [-0.05, 0) is 38.8 Å². The van der Waals surface area contributed by atoms with Gasteiger partial charge in [0.05, 0.1) is 12.5 Å². The van der Waals surface area contributed by atoms with E-state index in [2.05, 4.69) is 5.32 Å². The Balaban J connectivity index is 2.05. The lowest BCUT2D eigenvalue weighted by atomic mass is 9.96. The smallest absolute Gasteiger partial charge is 0.253 e. The van der Waals surface area contributed by atoms with Gasteiger partial charge in [0.15, 0.2) is 0 Å². The number of aliphatic hydroxyl groups is 1. The lowest BCUT2D eigenvalue weighted by Gasteiger charge is -2.32. The van der Waals surface area contributed by atoms with Crippen LogP contribution in [0.1, 0.15) is 34.3 Å². The topological polar surface area (TPSA) is 69.6 Å². The van der Waals surface area contributed by atoms with Gasteiger partial charge in [-0.1, -0.05) is 17.2 Å². The molecule has 120 valence electrons. The summed E-state index contributed by atoms with van der Waals surface area (Å²) in [4.78, 5) is 26.4. The van der Waals surface area contributed by atoms with Gasteiger partial charge in [-0.15, -0.1) is 0 Å². The number of carbonyl (C=O) groups excluding carboxylic acids is 2. The van der Waals surface area contributed by atoms with Gasteiger partial charge in [-0.25, -0.2) is 0 Å². The first-order valence-corrected chi connectivity index (χ1v) is 7.77. The monoisotopic (exact) mass is 304 g/mol. The standard InChI is InChI=1S/C17H24N2O3/c1-12-8-13(2)10-15(9-12)17(22)19-6-3-4-14(11-19)16(21)18-5-7-20/h8-10,14,20H,3-7,11H2,1-2H3,(H,18,21). The number of amides is 2. The zero-order valence-electron chi connectivity index (χ0n) is 13.3. The number of aliphatic hydroxyl groups excluding tert-OH is 1. The van der Waals surface area contributed by atoms with Gasteiger partial charge in [-0.3, -0.25) is 9.59 Å². The fourth-order valence-electron chi connectivity index (χ4n) is 2.98. The Morgan fingerprint density at radius 3 is 2.59 bits per heavy atom. The van der Waals surface area contributed by atoms with Crippen molar-refractivity contribution < 1.29 is 14.7 Å². The van der Waals surface area contributed by atoms with E-state index in [0.29, 0.717) is 18.7 Å². The molecule has 1 atom stereocenters. The SMILES string of the molecule is Cc1cc(C)cc(C(=O)N2CCCC(C(=O)NCCO)C2)c1. The van der Waals surface area contributed by atoms with Crippen molar-refractivity contribution in [3.05, 3.63) is 34.9 Å². The van der Waals surface area contributed by atoms with Crippen LogP contribution >= 0.6 is 0 Å². The van der Waals surface area contributed by atoms with E-state index >= 15 is 0 Å². The number of benzene rings is 1. The number of nitrogens with zero attached hydrogens (tertiary/aromatic N) is 1. The largest absolute Gasteiger partial charge is 0.395 e. The number of piperidine rings is 1. The maximum Gasteiger partial charge on any atom is 0.253 e. The highest BCUT2D eigenvalue weighted by atomic mass is 16.3. The summed E-state index contributed by atoms with van der Waals surface area (Å²) in [6.45, 7) is 5.29. The van der Waals surface area contributed by atoms with E-state index in [1.54, 1.807) is 4.90 Å². The van der Waals surface area contributed by atoms with Crippen molar-refractivity contribution in [2.24, 2.45) is 5.92 Å². The van der Waals surface area contributed by atoms with Crippen LogP contribution in [0, 0.1) is 19.8 Å². The summed E-state index contributed by atoms with van der Waals surface area (Å²) >= 11 is 0. The fourth-order valence-corrected chi connectivity index (χ4v) is 2.98. The highest BCUT2D eigenvalue weighted by molar-refractivity contribution is 5.95. The summed E-state index contributed by atoms with van der Waals surface area (Å²) in [7, 11) is 0. The van der Waals surface area contributed by atoms with Crippen LogP contribution in [0.5, 0.6) is 0 Å². The lowest BCUT2D eigenvalue weighted by molar-refractivity contribution is -0.126. The molecule has 5 nitrogen and oxygen atoms in total. The third-order valence-electron chi connectivity index (χ3n) is 3.96. The van der Waals surface area contributed by atoms with Crippen molar-refractivity contribution in [1.82, 2.24) is 10.2 Å². The van der Waals surface area contributed by atoms with Crippen molar-refractivity contribution in [1.29, 1.82) is 0 Å². The molecule has 0 saturated carbocycles. The molecule has 5 heteroatoms. The highest BCUT2D eigenvalue weighted by Crippen LogP contribution is 2.20. The van der Waals surface area contributed by atoms with Crippen molar-refractivity contribution in [3.8, 4) is 0 Å². The molecular formula is C17H24N2O3. The molecule has 0 spiro atoms. The molecule has 1 aliphatic rings. The van der Waals surface area contributed by atoms with Crippen molar-refractivity contribution in [2.45, 2.75) is 26.7 Å². The number of likely N-dealkylation sites (tertiary alicyclic amines) is 1. The molecule has 2 amide bonds. The molecule has 22 heavy (non-hydrogen) atoms. The van der Waals surface area contributed by atoms with E-state index in [1.807, 2.05) is 32.0 Å². The third-order valence-corrected chi connectivity index (χ3v) is 3.96. The summed E-state index contributed by atoms with van der Waals surface area (Å²) in [6, 6.07) is 5.83. The first-order valence-electron chi connectivity index (χ1n) is 7.77. The summed E-state index contributed by atoms with van der Waals surface area (Å²) in [5.41, 5.74) is 2.82. The van der Waals surface area contributed by atoms with Gasteiger partial charge < -0.3 is 15.3 Å². The highest BCUT2D eigenvalue weighted by Gasteiger charge is 2.28. The molecule has 1 aliphatic heterocycles. The zero-order chi connectivity index (χ0) is 16.1. The Bertz CT molecular complexity index is 537. The summed E-state index contributed by atoms with van der Waals surface area (Å²) in [5.74, 6) is -0.270. The van der Waals surface area contributed by atoms with E-state index in [4.69, 9.17) is 5.11 Å². The molecule has 0 aliphatic carbocycles. The predicted octanol–water partition coefficient (Wildman–Crippen LogP) is 1.26. The third kappa shape index (κ3) is 4.07. The van der Waals surface area contributed by atoms with Crippen LogP contribution in [-0.2, 0) is 4.79 Å². The Hall–Kier alpha value is -1.88. The van der Waals surface area contributed by atoms with E-state index in [9.17, 15) is 9.59 Å². The normalized spacial score (nSPS) is 18.1. The molecule has 1 unspecified atom stereocenters. The Kier molecular flexibility index (Phi) is 5.55. The van der Waals surface area contributed by atoms with Gasteiger partial charge in [-0.2, -0.15) is 0 Å². The molecule has 1 saturated heterocycles. The molecular weight excluding hydrogens is 280 g/mol. The van der Waals surface area contributed by atoms with Crippen LogP contribution in [-0.4, -0.2) is 48.1 Å². The van der Waals surface area contributed by atoms with E-state index < -0.39 is 0 Å². The molecule has 1 aromatic rings. The van der Waals surface area contributed by atoms with Crippen LogP contribution in [0.15, 0.2) is 18.2 Å². The molecule has 2 rings (SSSR count). The number of carbonyl (C=O) groups is 2. The van der Waals surface area contributed by atoms with E-state index in [-0.39, 0.29) is 30.9 Å². The minimum Gasteiger partial charge on any atom is -0.395 e.